The quantitative estimate of drug-likeness (QED) is 0.480. The van der Waals surface area contributed by atoms with Crippen molar-refractivity contribution in [3.05, 3.63) is 41.2 Å². The van der Waals surface area contributed by atoms with Crippen molar-refractivity contribution < 1.29 is 45.4 Å². The van der Waals surface area contributed by atoms with E-state index in [1.54, 1.807) is 20.8 Å². The number of benzene rings is 1. The van der Waals surface area contributed by atoms with Gasteiger partial charge in [-0.2, -0.15) is 36.1 Å². The lowest BCUT2D eigenvalue weighted by Crippen LogP contribution is -2.27. The van der Waals surface area contributed by atoms with Crippen LogP contribution in [0.3, 0.4) is 0 Å². The average molecular weight is 452 g/mol. The molecule has 0 N–H and O–H groups in total. The van der Waals surface area contributed by atoms with Crippen LogP contribution in [-0.4, -0.2) is 34.6 Å². The maximum Gasteiger partial charge on any atom is 0.435 e. The van der Waals surface area contributed by atoms with Gasteiger partial charge in [-0.1, -0.05) is 0 Å². The number of esters is 1. The molecule has 170 valence electrons. The predicted octanol–water partition coefficient (Wildman–Crippen LogP) is 5.09. The highest BCUT2D eigenvalue weighted by Gasteiger charge is 2.40. The summed E-state index contributed by atoms with van der Waals surface area (Å²) in [4.78, 5) is 23.8. The Morgan fingerprint density at radius 3 is 2.13 bits per heavy atom. The van der Waals surface area contributed by atoms with E-state index in [1.165, 1.54) is 0 Å². The third-order valence-electron chi connectivity index (χ3n) is 3.91. The predicted molar refractivity (Wildman–Crippen MR) is 95.0 cm³/mol. The van der Waals surface area contributed by atoms with Gasteiger partial charge in [0.15, 0.2) is 0 Å². The monoisotopic (exact) mass is 452 g/mol. The summed E-state index contributed by atoms with van der Waals surface area (Å²) < 4.78 is 90.6. The molecule has 0 fully saturated rings. The number of carbonyl (C=O) groups excluding carboxylic acids is 2. The first-order valence-electron chi connectivity index (χ1n) is 8.69. The molecule has 1 heterocycles. The molecule has 2 rings (SSSR count). The van der Waals surface area contributed by atoms with Crippen LogP contribution in [0.5, 0.6) is 0 Å². The van der Waals surface area contributed by atoms with Crippen molar-refractivity contribution >= 4 is 12.1 Å². The Morgan fingerprint density at radius 2 is 1.65 bits per heavy atom. The summed E-state index contributed by atoms with van der Waals surface area (Å²) in [6.07, 6.45) is -10.4. The lowest BCUT2D eigenvalue weighted by molar-refractivity contribution is -0.143. The lowest BCUT2D eigenvalue weighted by atomic mass is 9.91. The number of aromatic nitrogens is 2. The third kappa shape index (κ3) is 5.98. The highest BCUT2D eigenvalue weighted by molar-refractivity contribution is 5.80. The summed E-state index contributed by atoms with van der Waals surface area (Å²) in [5, 5.41) is 3.66. The maximum absolute atomic E-state index is 13.6. The Bertz CT molecular complexity index is 987. The van der Waals surface area contributed by atoms with E-state index in [2.05, 4.69) is 9.84 Å². The van der Waals surface area contributed by atoms with Crippen molar-refractivity contribution in [1.29, 1.82) is 0 Å². The average Bonchev–Trinajstić information content (AvgIpc) is 3.08. The van der Waals surface area contributed by atoms with E-state index in [9.17, 15) is 35.9 Å². The van der Waals surface area contributed by atoms with Gasteiger partial charge in [0.05, 0.1) is 30.9 Å². The number of hydrogen-bond donors (Lipinski definition) is 0. The van der Waals surface area contributed by atoms with Crippen LogP contribution < -0.4 is 0 Å². The van der Waals surface area contributed by atoms with Crippen LogP contribution in [0.4, 0.5) is 31.1 Å². The molecule has 0 aliphatic carbocycles. The summed E-state index contributed by atoms with van der Waals surface area (Å²) >= 11 is 0. The van der Waals surface area contributed by atoms with Crippen molar-refractivity contribution in [2.75, 3.05) is 7.11 Å². The van der Waals surface area contributed by atoms with Crippen LogP contribution in [0.25, 0.3) is 11.1 Å². The van der Waals surface area contributed by atoms with Gasteiger partial charge in [-0.3, -0.25) is 4.79 Å². The molecule has 0 aliphatic heterocycles. The molecule has 0 unspecified atom stereocenters. The zero-order valence-electron chi connectivity index (χ0n) is 16.8. The van der Waals surface area contributed by atoms with Gasteiger partial charge in [0.2, 0.25) is 0 Å². The fourth-order valence-corrected chi connectivity index (χ4v) is 2.62. The summed E-state index contributed by atoms with van der Waals surface area (Å²) in [5.74, 6) is -1.09. The van der Waals surface area contributed by atoms with Crippen molar-refractivity contribution in [3.63, 3.8) is 0 Å². The molecule has 0 radical (unpaired) electrons. The van der Waals surface area contributed by atoms with Crippen LogP contribution in [0.15, 0.2) is 24.5 Å². The molecule has 1 aromatic carbocycles. The Hall–Kier alpha value is -3.05. The van der Waals surface area contributed by atoms with Crippen LogP contribution >= 0.6 is 0 Å². The van der Waals surface area contributed by atoms with Crippen LogP contribution in [0, 0.1) is 0 Å². The molecular formula is C19H18F6N2O4. The largest absolute Gasteiger partial charge is 0.469 e. The minimum atomic E-state index is -5.19. The van der Waals surface area contributed by atoms with Gasteiger partial charge in [-0.15, -0.1) is 0 Å². The number of nitrogens with zero attached hydrogens (tertiary/aromatic N) is 2. The van der Waals surface area contributed by atoms with E-state index in [-0.39, 0.29) is 11.6 Å². The topological polar surface area (TPSA) is 70.4 Å². The Morgan fingerprint density at radius 1 is 1.03 bits per heavy atom. The molecular weight excluding hydrogens is 434 g/mol. The summed E-state index contributed by atoms with van der Waals surface area (Å²) in [7, 11) is 0.930. The molecule has 0 saturated carbocycles. The number of alkyl halides is 6. The second-order valence-corrected chi connectivity index (χ2v) is 7.45. The smallest absolute Gasteiger partial charge is 0.435 e. The molecule has 0 saturated heterocycles. The fourth-order valence-electron chi connectivity index (χ4n) is 2.62. The first-order chi connectivity index (χ1) is 14.0. The Labute approximate surface area is 172 Å². The van der Waals surface area contributed by atoms with Crippen molar-refractivity contribution in [3.8, 4) is 11.1 Å². The summed E-state index contributed by atoms with van der Waals surface area (Å²) in [6, 6.07) is 0.393. The van der Waals surface area contributed by atoms with Crippen LogP contribution in [0.2, 0.25) is 0 Å². The minimum Gasteiger partial charge on any atom is -0.469 e. The number of methoxy groups -OCH3 is 1. The summed E-state index contributed by atoms with van der Waals surface area (Å²) in [5.41, 5.74) is -5.69. The molecule has 0 aliphatic rings. The van der Waals surface area contributed by atoms with Gasteiger partial charge in [0.1, 0.15) is 5.60 Å². The highest BCUT2D eigenvalue weighted by Crippen LogP contribution is 2.42. The first-order valence-corrected chi connectivity index (χ1v) is 8.69. The van der Waals surface area contributed by atoms with E-state index in [4.69, 9.17) is 4.74 Å². The molecule has 0 amide bonds. The first kappa shape index (κ1) is 24.2. The van der Waals surface area contributed by atoms with E-state index < -0.39 is 58.7 Å². The third-order valence-corrected chi connectivity index (χ3v) is 3.91. The van der Waals surface area contributed by atoms with Gasteiger partial charge < -0.3 is 9.47 Å². The van der Waals surface area contributed by atoms with Gasteiger partial charge in [0, 0.05) is 11.8 Å². The van der Waals surface area contributed by atoms with Gasteiger partial charge >= 0.3 is 24.4 Å². The molecule has 2 aromatic rings. The zero-order chi connectivity index (χ0) is 23.8. The molecule has 6 nitrogen and oxygen atoms in total. The van der Waals surface area contributed by atoms with Crippen molar-refractivity contribution in [1.82, 2.24) is 9.78 Å². The zero-order valence-corrected chi connectivity index (χ0v) is 16.8. The second kappa shape index (κ2) is 8.23. The van der Waals surface area contributed by atoms with Crippen LogP contribution in [0.1, 0.15) is 37.5 Å². The molecule has 0 bridgehead atoms. The van der Waals surface area contributed by atoms with Crippen LogP contribution in [-0.2, 0) is 33.0 Å². The van der Waals surface area contributed by atoms with Crippen molar-refractivity contribution in [2.45, 2.75) is 45.1 Å². The number of carbonyl (C=O) groups is 2. The van der Waals surface area contributed by atoms with Gasteiger partial charge in [-0.25, -0.2) is 4.79 Å². The number of ether oxygens (including phenoxy) is 2. The fraction of sp³-hybridized carbons (Fsp3) is 0.421. The van der Waals surface area contributed by atoms with E-state index >= 15 is 0 Å². The Kier molecular flexibility index (Phi) is 6.43. The molecule has 0 atom stereocenters. The summed E-state index contributed by atoms with van der Waals surface area (Å²) in [6.45, 7) is 4.69. The molecule has 1 aromatic heterocycles. The number of rotatable bonds is 3. The van der Waals surface area contributed by atoms with E-state index in [0.717, 1.165) is 19.5 Å². The van der Waals surface area contributed by atoms with E-state index in [0.29, 0.717) is 10.7 Å². The number of halogens is 6. The molecule has 12 heteroatoms. The Balaban J connectivity index is 2.72. The second-order valence-electron chi connectivity index (χ2n) is 7.45. The lowest BCUT2D eigenvalue weighted by Gasteiger charge is -2.19. The van der Waals surface area contributed by atoms with Gasteiger partial charge in [-0.05, 0) is 44.0 Å². The normalized spacial score (nSPS) is 12.6. The molecule has 31 heavy (non-hydrogen) atoms. The number of hydrogen-bond acceptors (Lipinski definition) is 5. The van der Waals surface area contributed by atoms with Gasteiger partial charge in [0.25, 0.3) is 0 Å². The van der Waals surface area contributed by atoms with Crippen molar-refractivity contribution in [2.24, 2.45) is 0 Å². The van der Waals surface area contributed by atoms with E-state index in [1.807, 2.05) is 0 Å². The molecule has 0 spiro atoms. The maximum atomic E-state index is 13.6. The minimum absolute atomic E-state index is 0.0694. The SMILES string of the molecule is COC(=O)Cc1c(-c2cnn(C(=O)OC(C)(C)C)c2)cc(C(F)(F)F)cc1C(F)(F)F. The highest BCUT2D eigenvalue weighted by atomic mass is 19.4. The standard InChI is InChI=1S/C19H18F6N2O4/c1-17(2,3)31-16(29)27-9-10(8-26-27)12-5-11(18(20,21)22)6-14(19(23,24)25)13(12)7-15(28)30-4/h5-6,8-9H,7H2,1-4H3.